The molecule has 0 aliphatic carbocycles. The largest absolute Gasteiger partial charge is 0.321 e. The van der Waals surface area contributed by atoms with Crippen molar-refractivity contribution < 1.29 is 13.2 Å². The van der Waals surface area contributed by atoms with Crippen molar-refractivity contribution in [1.82, 2.24) is 9.78 Å². The van der Waals surface area contributed by atoms with Crippen molar-refractivity contribution in [2.45, 2.75) is 6.42 Å². The Balaban J connectivity index is 1.44. The number of amides is 1. The first-order valence-electron chi connectivity index (χ1n) is 9.21. The molecule has 1 aliphatic heterocycles. The molecule has 0 radical (unpaired) electrons. The Kier molecular flexibility index (Phi) is 5.18. The molecule has 3 aromatic rings. The molecule has 148 valence electrons. The molecule has 4 rings (SSSR count). The Morgan fingerprint density at radius 1 is 1.07 bits per heavy atom. The van der Waals surface area contributed by atoms with E-state index in [4.69, 9.17) is 0 Å². The van der Waals surface area contributed by atoms with E-state index in [1.165, 1.54) is 10.4 Å². The van der Waals surface area contributed by atoms with E-state index in [0.29, 0.717) is 24.3 Å². The number of para-hydroxylation sites is 2. The van der Waals surface area contributed by atoms with Crippen LogP contribution >= 0.6 is 0 Å². The highest BCUT2D eigenvalue weighted by atomic mass is 32.2. The predicted octanol–water partition coefficient (Wildman–Crippen LogP) is 3.06. The SMILES string of the molecule is O=C(C=Cc1ccc(N2CCCS2(=O)=O)cc1)Nc1ccccc1-n1cccn1. The van der Waals surface area contributed by atoms with E-state index in [1.807, 2.05) is 36.5 Å². The van der Waals surface area contributed by atoms with Gasteiger partial charge in [-0.1, -0.05) is 24.3 Å². The fourth-order valence-electron chi connectivity index (χ4n) is 3.22. The average molecular weight is 408 g/mol. The summed E-state index contributed by atoms with van der Waals surface area (Å²) in [7, 11) is -3.19. The summed E-state index contributed by atoms with van der Waals surface area (Å²) in [6.07, 6.45) is 7.26. The second kappa shape index (κ2) is 7.92. The number of nitrogens with one attached hydrogen (secondary N) is 1. The lowest BCUT2D eigenvalue weighted by Gasteiger charge is -2.16. The van der Waals surface area contributed by atoms with E-state index in [0.717, 1.165) is 11.3 Å². The highest BCUT2D eigenvalue weighted by Crippen LogP contribution is 2.24. The second-order valence-corrected chi connectivity index (χ2v) is 8.64. The number of carbonyl (C=O) groups is 1. The first-order valence-corrected chi connectivity index (χ1v) is 10.8. The van der Waals surface area contributed by atoms with Gasteiger partial charge in [-0.05, 0) is 48.4 Å². The maximum atomic E-state index is 12.4. The molecule has 0 spiro atoms. The summed E-state index contributed by atoms with van der Waals surface area (Å²) >= 11 is 0. The van der Waals surface area contributed by atoms with Crippen LogP contribution in [0.3, 0.4) is 0 Å². The van der Waals surface area contributed by atoms with Crippen molar-refractivity contribution >= 4 is 33.4 Å². The number of hydrogen-bond acceptors (Lipinski definition) is 4. The molecule has 0 atom stereocenters. The molecule has 2 aromatic carbocycles. The summed E-state index contributed by atoms with van der Waals surface area (Å²) in [5, 5.41) is 7.06. The van der Waals surface area contributed by atoms with Crippen LogP contribution in [0.25, 0.3) is 11.8 Å². The zero-order chi connectivity index (χ0) is 20.3. The summed E-state index contributed by atoms with van der Waals surface area (Å²) in [5.41, 5.74) is 2.88. The third-order valence-corrected chi connectivity index (χ3v) is 6.49. The second-order valence-electron chi connectivity index (χ2n) is 6.62. The first kappa shape index (κ1) is 18.9. The molecular weight excluding hydrogens is 388 g/mol. The van der Waals surface area contributed by atoms with Gasteiger partial charge in [-0.3, -0.25) is 9.10 Å². The molecular formula is C21H20N4O3S. The van der Waals surface area contributed by atoms with Crippen LogP contribution in [0.1, 0.15) is 12.0 Å². The Morgan fingerprint density at radius 3 is 2.55 bits per heavy atom. The number of nitrogens with zero attached hydrogens (tertiary/aromatic N) is 3. The summed E-state index contributed by atoms with van der Waals surface area (Å²) in [4.78, 5) is 12.4. The molecule has 29 heavy (non-hydrogen) atoms. The average Bonchev–Trinajstić information content (AvgIpc) is 3.37. The van der Waals surface area contributed by atoms with Gasteiger partial charge in [-0.2, -0.15) is 5.10 Å². The number of rotatable bonds is 5. The number of aromatic nitrogens is 2. The molecule has 0 bridgehead atoms. The van der Waals surface area contributed by atoms with E-state index in [1.54, 1.807) is 41.2 Å². The molecule has 8 heteroatoms. The zero-order valence-corrected chi connectivity index (χ0v) is 16.4. The van der Waals surface area contributed by atoms with Crippen LogP contribution in [0.15, 0.2) is 73.1 Å². The first-order chi connectivity index (χ1) is 14.0. The van der Waals surface area contributed by atoms with E-state index < -0.39 is 10.0 Å². The predicted molar refractivity (Wildman–Crippen MR) is 113 cm³/mol. The summed E-state index contributed by atoms with van der Waals surface area (Å²) in [6, 6.07) is 16.3. The van der Waals surface area contributed by atoms with E-state index in [-0.39, 0.29) is 11.7 Å². The van der Waals surface area contributed by atoms with Crippen molar-refractivity contribution in [3.05, 3.63) is 78.6 Å². The molecule has 2 heterocycles. The molecule has 0 saturated carbocycles. The van der Waals surface area contributed by atoms with Gasteiger partial charge in [0.25, 0.3) is 0 Å². The van der Waals surface area contributed by atoms with Gasteiger partial charge in [-0.15, -0.1) is 0 Å². The molecule has 1 aliphatic rings. The third kappa shape index (κ3) is 4.22. The van der Waals surface area contributed by atoms with Crippen LogP contribution in [0, 0.1) is 0 Å². The number of benzene rings is 2. The van der Waals surface area contributed by atoms with Crippen LogP contribution in [0.4, 0.5) is 11.4 Å². The van der Waals surface area contributed by atoms with Crippen molar-refractivity contribution in [2.75, 3.05) is 21.9 Å². The Morgan fingerprint density at radius 2 is 1.86 bits per heavy atom. The van der Waals surface area contributed by atoms with Crippen LogP contribution < -0.4 is 9.62 Å². The molecule has 0 unspecified atom stereocenters. The molecule has 1 aromatic heterocycles. The van der Waals surface area contributed by atoms with Crippen molar-refractivity contribution in [3.8, 4) is 5.69 Å². The lowest BCUT2D eigenvalue weighted by Crippen LogP contribution is -2.24. The molecule has 1 N–H and O–H groups in total. The number of carbonyl (C=O) groups excluding carboxylic acids is 1. The molecule has 1 fully saturated rings. The van der Waals surface area contributed by atoms with Gasteiger partial charge in [0.1, 0.15) is 0 Å². The molecule has 1 saturated heterocycles. The van der Waals surface area contributed by atoms with Crippen molar-refractivity contribution in [1.29, 1.82) is 0 Å². The fourth-order valence-corrected chi connectivity index (χ4v) is 4.78. The van der Waals surface area contributed by atoms with E-state index >= 15 is 0 Å². The summed E-state index contributed by atoms with van der Waals surface area (Å²) < 4.78 is 27.1. The van der Waals surface area contributed by atoms with Gasteiger partial charge >= 0.3 is 0 Å². The standard InChI is InChI=1S/C21H20N4O3S/c26-21(23-19-5-1-2-6-20(19)24-14-3-13-22-24)12-9-17-7-10-18(11-8-17)25-15-4-16-29(25,27)28/h1-3,5-14H,4,15-16H2,(H,23,26). The van der Waals surface area contributed by atoms with Crippen LogP contribution in [0.2, 0.25) is 0 Å². The summed E-state index contributed by atoms with van der Waals surface area (Å²) in [5.74, 6) is -0.0785. The van der Waals surface area contributed by atoms with Gasteiger partial charge < -0.3 is 5.32 Å². The lowest BCUT2D eigenvalue weighted by molar-refractivity contribution is -0.111. The Labute approximate surface area is 169 Å². The normalized spacial score (nSPS) is 15.7. The van der Waals surface area contributed by atoms with Crippen molar-refractivity contribution in [3.63, 3.8) is 0 Å². The quantitative estimate of drug-likeness (QED) is 0.658. The van der Waals surface area contributed by atoms with Crippen LogP contribution in [0.5, 0.6) is 0 Å². The number of anilines is 2. The zero-order valence-electron chi connectivity index (χ0n) is 15.6. The maximum Gasteiger partial charge on any atom is 0.248 e. The van der Waals surface area contributed by atoms with E-state index in [9.17, 15) is 13.2 Å². The molecule has 1 amide bonds. The van der Waals surface area contributed by atoms with Gasteiger partial charge in [-0.25, -0.2) is 13.1 Å². The number of sulfonamides is 1. The highest BCUT2D eigenvalue weighted by Gasteiger charge is 2.28. The highest BCUT2D eigenvalue weighted by molar-refractivity contribution is 7.93. The number of hydrogen-bond donors (Lipinski definition) is 1. The van der Waals surface area contributed by atoms with Gasteiger partial charge in [0.15, 0.2) is 0 Å². The Hall–Kier alpha value is -3.39. The van der Waals surface area contributed by atoms with Crippen molar-refractivity contribution in [2.24, 2.45) is 0 Å². The minimum Gasteiger partial charge on any atom is -0.321 e. The summed E-state index contributed by atoms with van der Waals surface area (Å²) in [6.45, 7) is 0.510. The van der Waals surface area contributed by atoms with Crippen LogP contribution in [-0.4, -0.2) is 36.4 Å². The minimum atomic E-state index is -3.19. The minimum absolute atomic E-state index is 0.189. The van der Waals surface area contributed by atoms with Gasteiger partial charge in [0.2, 0.25) is 15.9 Å². The topological polar surface area (TPSA) is 84.3 Å². The third-order valence-electron chi connectivity index (χ3n) is 4.62. The van der Waals surface area contributed by atoms with E-state index in [2.05, 4.69) is 10.4 Å². The lowest BCUT2D eigenvalue weighted by atomic mass is 10.2. The van der Waals surface area contributed by atoms with Crippen LogP contribution in [-0.2, 0) is 14.8 Å². The molecule has 7 nitrogen and oxygen atoms in total. The Bertz CT molecular complexity index is 1140. The smallest absolute Gasteiger partial charge is 0.248 e. The maximum absolute atomic E-state index is 12.4. The van der Waals surface area contributed by atoms with Gasteiger partial charge in [0.05, 0.1) is 22.8 Å². The monoisotopic (exact) mass is 408 g/mol. The van der Waals surface area contributed by atoms with Gasteiger partial charge in [0, 0.05) is 25.0 Å². The fraction of sp³-hybridized carbons (Fsp3) is 0.143.